The first-order chi connectivity index (χ1) is 8.73. The molecule has 104 valence electrons. The molecular weight excluding hydrogens is 583 g/mol. The summed E-state index contributed by atoms with van der Waals surface area (Å²) in [6.07, 6.45) is 0.309. The van der Waals surface area contributed by atoms with Crippen molar-refractivity contribution in [2.45, 2.75) is 32.4 Å². The Morgan fingerprint density at radius 2 is 2.00 bits per heavy atom. The number of hydrogen-bond donors (Lipinski definition) is 2. The zero-order valence-electron chi connectivity index (χ0n) is 10.5. The van der Waals surface area contributed by atoms with Crippen molar-refractivity contribution in [1.29, 1.82) is 0 Å². The molecule has 1 aliphatic rings. The number of hydrogen-bond acceptors (Lipinski definition) is 2. The van der Waals surface area contributed by atoms with Crippen LogP contribution in [0, 0.1) is 16.1 Å². The number of carbonyl (C=O) groups is 1. The van der Waals surface area contributed by atoms with Gasteiger partial charge >= 0.3 is 0 Å². The van der Waals surface area contributed by atoms with E-state index in [0.717, 1.165) is 10.7 Å². The van der Waals surface area contributed by atoms with Crippen molar-refractivity contribution in [2.75, 3.05) is 0 Å². The molecule has 1 saturated carbocycles. The lowest BCUT2D eigenvalue weighted by Crippen LogP contribution is -2.61. The van der Waals surface area contributed by atoms with Crippen LogP contribution in [-0.2, 0) is 0 Å². The predicted octanol–water partition coefficient (Wildman–Crippen LogP) is 3.39. The van der Waals surface area contributed by atoms with Gasteiger partial charge in [0.05, 0.1) is 11.7 Å². The fraction of sp³-hybridized carbons (Fsp3) is 0.462. The molecule has 3 nitrogen and oxygen atoms in total. The molecule has 1 aromatic carbocycles. The smallest absolute Gasteiger partial charge is 0.252 e. The third-order valence-corrected chi connectivity index (χ3v) is 7.43. The first kappa shape index (κ1) is 16.2. The fourth-order valence-corrected chi connectivity index (χ4v) is 4.51. The van der Waals surface area contributed by atoms with Crippen molar-refractivity contribution in [3.8, 4) is 0 Å². The maximum absolute atomic E-state index is 12.4. The van der Waals surface area contributed by atoms with E-state index in [1.54, 1.807) is 0 Å². The largest absolute Gasteiger partial charge is 0.392 e. The standard InChI is InChI=1S/C13H14I3NO2/c1-13(2)9(5-10(13)18)17-12(19)7-3-6(14)4-8(15)11(7)16/h3-4,9-10,18H,5H2,1-2H3,(H,17,19). The van der Waals surface area contributed by atoms with Crippen molar-refractivity contribution >= 4 is 73.7 Å². The van der Waals surface area contributed by atoms with Crippen molar-refractivity contribution < 1.29 is 9.90 Å². The highest BCUT2D eigenvalue weighted by atomic mass is 127. The minimum Gasteiger partial charge on any atom is -0.392 e. The van der Waals surface area contributed by atoms with Gasteiger partial charge in [0, 0.05) is 22.2 Å². The molecule has 1 aromatic rings. The second kappa shape index (κ2) is 5.91. The molecule has 0 heterocycles. The third-order valence-electron chi connectivity index (χ3n) is 3.76. The third kappa shape index (κ3) is 3.20. The van der Waals surface area contributed by atoms with Gasteiger partial charge in [-0.05, 0) is 86.3 Å². The average Bonchev–Trinajstić information content (AvgIpc) is 2.33. The summed E-state index contributed by atoms with van der Waals surface area (Å²) in [7, 11) is 0. The first-order valence-corrected chi connectivity index (χ1v) is 9.10. The van der Waals surface area contributed by atoms with E-state index in [1.165, 1.54) is 0 Å². The molecule has 1 amide bonds. The molecule has 2 N–H and O–H groups in total. The predicted molar refractivity (Wildman–Crippen MR) is 100 cm³/mol. The number of amides is 1. The van der Waals surface area contributed by atoms with Gasteiger partial charge in [-0.15, -0.1) is 0 Å². The molecule has 6 heteroatoms. The van der Waals surface area contributed by atoms with E-state index in [2.05, 4.69) is 79.2 Å². The van der Waals surface area contributed by atoms with Gasteiger partial charge in [0.15, 0.2) is 0 Å². The number of aliphatic hydroxyl groups is 1. The average molecular weight is 597 g/mol. The van der Waals surface area contributed by atoms with Crippen LogP contribution in [0.1, 0.15) is 30.6 Å². The zero-order valence-corrected chi connectivity index (χ0v) is 17.0. The van der Waals surface area contributed by atoms with Gasteiger partial charge in [0.25, 0.3) is 5.91 Å². The molecule has 2 atom stereocenters. The summed E-state index contributed by atoms with van der Waals surface area (Å²) < 4.78 is 3.12. The van der Waals surface area contributed by atoms with E-state index in [1.807, 2.05) is 19.9 Å². The number of aliphatic hydroxyl groups excluding tert-OH is 1. The Kier molecular flexibility index (Phi) is 5.05. The number of nitrogens with one attached hydrogen (secondary N) is 1. The van der Waals surface area contributed by atoms with Crippen LogP contribution < -0.4 is 5.32 Å². The number of halogens is 3. The Balaban J connectivity index is 2.18. The summed E-state index contributed by atoms with van der Waals surface area (Å²) >= 11 is 6.67. The summed E-state index contributed by atoms with van der Waals surface area (Å²) in [4.78, 5) is 12.4. The molecule has 0 saturated heterocycles. The van der Waals surface area contributed by atoms with E-state index >= 15 is 0 Å². The van der Waals surface area contributed by atoms with Gasteiger partial charge in [-0.2, -0.15) is 0 Å². The van der Waals surface area contributed by atoms with E-state index in [9.17, 15) is 9.90 Å². The molecule has 0 spiro atoms. The summed E-state index contributed by atoms with van der Waals surface area (Å²) in [5, 5.41) is 12.8. The highest BCUT2D eigenvalue weighted by Gasteiger charge is 2.48. The van der Waals surface area contributed by atoms with Crippen LogP contribution in [0.3, 0.4) is 0 Å². The maximum Gasteiger partial charge on any atom is 0.252 e. The Bertz CT molecular complexity index is 531. The van der Waals surface area contributed by atoms with Crippen molar-refractivity contribution in [3.63, 3.8) is 0 Å². The fourth-order valence-electron chi connectivity index (χ4n) is 2.10. The van der Waals surface area contributed by atoms with Crippen LogP contribution in [0.5, 0.6) is 0 Å². The topological polar surface area (TPSA) is 49.3 Å². The number of benzene rings is 1. The van der Waals surface area contributed by atoms with Crippen LogP contribution in [0.25, 0.3) is 0 Å². The highest BCUT2D eigenvalue weighted by molar-refractivity contribution is 14.1. The van der Waals surface area contributed by atoms with E-state index in [0.29, 0.717) is 12.0 Å². The molecule has 0 aromatic heterocycles. The lowest BCUT2D eigenvalue weighted by molar-refractivity contribution is -0.0689. The Morgan fingerprint density at radius 1 is 1.37 bits per heavy atom. The van der Waals surface area contributed by atoms with Crippen LogP contribution in [0.4, 0.5) is 0 Å². The SMILES string of the molecule is CC1(C)C(O)CC1NC(=O)c1cc(I)cc(I)c1I. The zero-order chi connectivity index (χ0) is 14.4. The van der Waals surface area contributed by atoms with Crippen LogP contribution >= 0.6 is 67.8 Å². The second-order valence-electron chi connectivity index (χ2n) is 5.35. The monoisotopic (exact) mass is 597 g/mol. The first-order valence-electron chi connectivity index (χ1n) is 5.87. The second-order valence-corrected chi connectivity index (χ2v) is 8.83. The Labute approximate surface area is 153 Å². The van der Waals surface area contributed by atoms with Crippen LogP contribution in [-0.4, -0.2) is 23.2 Å². The van der Waals surface area contributed by atoms with Gasteiger partial charge in [-0.1, -0.05) is 13.8 Å². The highest BCUT2D eigenvalue weighted by Crippen LogP contribution is 2.40. The summed E-state index contributed by atoms with van der Waals surface area (Å²) in [6.45, 7) is 3.96. The van der Waals surface area contributed by atoms with Gasteiger partial charge < -0.3 is 10.4 Å². The minimum absolute atomic E-state index is 0.0429. The molecule has 0 radical (unpaired) electrons. The van der Waals surface area contributed by atoms with Crippen LogP contribution in [0.15, 0.2) is 12.1 Å². The van der Waals surface area contributed by atoms with E-state index in [4.69, 9.17) is 0 Å². The molecule has 1 aliphatic carbocycles. The molecular formula is C13H14I3NO2. The maximum atomic E-state index is 12.4. The normalized spacial score (nSPS) is 24.7. The van der Waals surface area contributed by atoms with E-state index in [-0.39, 0.29) is 23.5 Å². The molecule has 0 aliphatic heterocycles. The van der Waals surface area contributed by atoms with Gasteiger partial charge in [0.2, 0.25) is 0 Å². The van der Waals surface area contributed by atoms with Crippen LogP contribution in [0.2, 0.25) is 0 Å². The van der Waals surface area contributed by atoms with Crippen molar-refractivity contribution in [2.24, 2.45) is 5.41 Å². The van der Waals surface area contributed by atoms with E-state index < -0.39 is 0 Å². The summed E-state index contributed by atoms with van der Waals surface area (Å²) in [5.41, 5.74) is 0.477. The van der Waals surface area contributed by atoms with Crippen molar-refractivity contribution in [1.82, 2.24) is 5.32 Å². The summed E-state index contributed by atoms with van der Waals surface area (Å²) in [5.74, 6) is -0.0502. The molecule has 0 bridgehead atoms. The molecule has 19 heavy (non-hydrogen) atoms. The lowest BCUT2D eigenvalue weighted by Gasteiger charge is -2.49. The molecule has 2 unspecified atom stereocenters. The number of carbonyl (C=O) groups excluding carboxylic acids is 1. The van der Waals surface area contributed by atoms with Gasteiger partial charge in [-0.3, -0.25) is 4.79 Å². The molecule has 1 fully saturated rings. The minimum atomic E-state index is -0.326. The molecule has 2 rings (SSSR count). The lowest BCUT2D eigenvalue weighted by atomic mass is 9.64. The summed E-state index contributed by atoms with van der Waals surface area (Å²) in [6, 6.07) is 4.00. The number of rotatable bonds is 2. The van der Waals surface area contributed by atoms with Gasteiger partial charge in [0.1, 0.15) is 0 Å². The Hall–Kier alpha value is 0.840. The van der Waals surface area contributed by atoms with Gasteiger partial charge in [-0.25, -0.2) is 0 Å². The Morgan fingerprint density at radius 3 is 2.53 bits per heavy atom. The van der Waals surface area contributed by atoms with Crippen molar-refractivity contribution in [3.05, 3.63) is 28.4 Å². The quantitative estimate of drug-likeness (QED) is 0.406.